The van der Waals surface area contributed by atoms with Gasteiger partial charge in [-0.3, -0.25) is 83.4 Å². The zero-order valence-electron chi connectivity index (χ0n) is 55.0. The zero-order valence-corrected chi connectivity index (χ0v) is 60.8. The van der Waals surface area contributed by atoms with Crippen molar-refractivity contribution in [1.82, 2.24) is 41.1 Å². The van der Waals surface area contributed by atoms with Crippen molar-refractivity contribution in [1.29, 1.82) is 0 Å². The molecule has 3 amide bonds. The number of thiazole rings is 3. The van der Waals surface area contributed by atoms with Gasteiger partial charge in [-0.05, 0) is 69.2 Å². The predicted molar refractivity (Wildman–Crippen MR) is 369 cm³/mol. The number of phosphoric ester groups is 1. The van der Waals surface area contributed by atoms with E-state index < -0.39 is 183 Å². The highest BCUT2D eigenvalue weighted by Crippen LogP contribution is 2.51. The lowest BCUT2D eigenvalue weighted by molar-refractivity contribution is -0.140. The molecule has 12 aromatic rings. The van der Waals surface area contributed by atoms with Gasteiger partial charge in [-0.1, -0.05) is 18.2 Å². The fraction of sp³-hybridized carbons (Fsp3) is 0.238. The summed E-state index contributed by atoms with van der Waals surface area (Å²) in [5, 5.41) is 7.42. The molecule has 0 atom stereocenters. The second kappa shape index (κ2) is 29.0. The summed E-state index contributed by atoms with van der Waals surface area (Å²) in [5.74, 6) is -8.65. The number of thiophene rings is 3. The standard InChI is InChI=1S/C63H45F12N12O13PS6/c1-79-49(91)46-31(19-102-52(46)82(4)58(79)94)16-43(88)76-55-85(40(22-105-55)28-7-10-34(37(64)13-28)61(67,68)69)25-98-101(97,99-26-86-41(29-8-11-35(38(65)14-29)62(70,71)72)23-106-56(86)77-44(89)17-32-20-103-53-47(32)50(92)80(2)59(95)83(53)5)100-27-87-42(30-9-12-36(39(66)15-30)63(73,74)75)24-107-57(87)78-45(90)18-33-21-104-54-48(33)51(93)81(3)60(96)84(54)6/h7-15,19-24H,16-18,25-27H2,1-6H3/b76-55-,77-56-,78-57-. The third kappa shape index (κ3) is 14.9. The maximum Gasteiger partial charge on any atom is 0.480 e. The van der Waals surface area contributed by atoms with Crippen molar-refractivity contribution in [3.05, 3.63) is 215 Å². The zero-order chi connectivity index (χ0) is 77.6. The second-order valence-electron chi connectivity index (χ2n) is 23.3. The van der Waals surface area contributed by atoms with Gasteiger partial charge in [0, 0.05) is 75.1 Å². The molecule has 107 heavy (non-hydrogen) atoms. The minimum absolute atomic E-state index is 0.0536. The number of rotatable bonds is 18. The molecular weight excluding hydrogens is 1580 g/mol. The quantitative estimate of drug-likeness (QED) is 0.0571. The summed E-state index contributed by atoms with van der Waals surface area (Å²) < 4.78 is 216. The maximum atomic E-state index is 16.1. The van der Waals surface area contributed by atoms with E-state index in [1.165, 1.54) is 58.4 Å². The topological polar surface area (TPSA) is 280 Å². The average molecular weight is 1630 g/mol. The normalized spacial score (nSPS) is 13.1. The molecule has 0 fully saturated rings. The first-order valence-electron chi connectivity index (χ1n) is 30.2. The molecule has 0 bridgehead atoms. The second-order valence-corrected chi connectivity index (χ2v) is 30.0. The highest BCUT2D eigenvalue weighted by atomic mass is 32.1. The molecule has 0 unspecified atom stereocenters. The Morgan fingerprint density at radius 3 is 0.879 bits per heavy atom. The van der Waals surface area contributed by atoms with Crippen LogP contribution in [0.3, 0.4) is 0 Å². The molecule has 44 heteroatoms. The van der Waals surface area contributed by atoms with Crippen molar-refractivity contribution in [2.75, 3.05) is 0 Å². The molecule has 0 aliphatic carbocycles. The first-order chi connectivity index (χ1) is 50.2. The Morgan fingerprint density at radius 1 is 0.393 bits per heavy atom. The molecule has 560 valence electrons. The van der Waals surface area contributed by atoms with Gasteiger partial charge in [0.05, 0.1) is 69.2 Å². The number of alkyl halides is 9. The third-order valence-electron chi connectivity index (χ3n) is 16.6. The molecule has 12 rings (SSSR count). The first-order valence-corrected chi connectivity index (χ1v) is 36.9. The molecular formula is C63H45F12N12O13PS6. The highest BCUT2D eigenvalue weighted by Gasteiger charge is 2.38. The van der Waals surface area contributed by atoms with E-state index >= 15 is 17.7 Å². The number of benzene rings is 3. The number of nitrogens with zero attached hydrogens (tertiary/aromatic N) is 12. The van der Waals surface area contributed by atoms with Crippen molar-refractivity contribution in [3.63, 3.8) is 0 Å². The first kappa shape index (κ1) is 76.8. The number of halogens is 12. The Labute approximate surface area is 610 Å². The summed E-state index contributed by atoms with van der Waals surface area (Å²) in [6.07, 6.45) is -17.7. The third-order valence-corrected chi connectivity index (χ3v) is 23.8. The van der Waals surface area contributed by atoms with E-state index in [4.69, 9.17) is 13.6 Å². The lowest BCUT2D eigenvalue weighted by Gasteiger charge is -2.21. The van der Waals surface area contributed by atoms with E-state index in [0.29, 0.717) is 70.4 Å². The van der Waals surface area contributed by atoms with Crippen molar-refractivity contribution in [3.8, 4) is 33.8 Å². The summed E-state index contributed by atoms with van der Waals surface area (Å²) in [5.41, 5.74) is -11.7. The number of phosphoric acid groups is 1. The molecule has 25 nitrogen and oxygen atoms in total. The van der Waals surface area contributed by atoms with Gasteiger partial charge >= 0.3 is 43.4 Å². The van der Waals surface area contributed by atoms with E-state index in [1.807, 2.05) is 0 Å². The lowest BCUT2D eigenvalue weighted by Crippen LogP contribution is -2.36. The number of amides is 3. The smallest absolute Gasteiger partial charge is 0.292 e. The number of aryl methyl sites for hydroxylation is 3. The van der Waals surface area contributed by atoms with Gasteiger partial charge in [-0.2, -0.15) is 54.5 Å². The fourth-order valence-electron chi connectivity index (χ4n) is 11.1. The molecule has 0 N–H and O–H groups in total. The van der Waals surface area contributed by atoms with Crippen LogP contribution in [0, 0.1) is 17.5 Å². The van der Waals surface area contributed by atoms with Crippen LogP contribution < -0.4 is 48.2 Å². The Kier molecular flexibility index (Phi) is 20.8. The van der Waals surface area contributed by atoms with E-state index in [0.717, 1.165) is 109 Å². The minimum atomic E-state index is -5.82. The number of aromatic nitrogens is 9. The van der Waals surface area contributed by atoms with Crippen LogP contribution in [0.4, 0.5) is 52.7 Å². The van der Waals surface area contributed by atoms with Gasteiger partial charge in [0.15, 0.2) is 14.4 Å². The van der Waals surface area contributed by atoms with Gasteiger partial charge in [0.2, 0.25) is 0 Å². The van der Waals surface area contributed by atoms with E-state index in [9.17, 15) is 82.7 Å². The van der Waals surface area contributed by atoms with Crippen LogP contribution in [0.1, 0.15) is 33.4 Å². The van der Waals surface area contributed by atoms with Gasteiger partial charge in [0.1, 0.15) is 52.1 Å². The van der Waals surface area contributed by atoms with Gasteiger partial charge in [-0.25, -0.2) is 32.1 Å². The van der Waals surface area contributed by atoms with Gasteiger partial charge in [0.25, 0.3) is 34.4 Å². The van der Waals surface area contributed by atoms with E-state index in [2.05, 4.69) is 15.0 Å². The number of carbonyl (C=O) groups excluding carboxylic acids is 3. The van der Waals surface area contributed by atoms with Crippen molar-refractivity contribution in [2.24, 2.45) is 57.3 Å². The number of hydrogen-bond donors (Lipinski definition) is 0. The van der Waals surface area contributed by atoms with E-state index in [-0.39, 0.29) is 64.4 Å². The molecule has 0 saturated heterocycles. The summed E-state index contributed by atoms with van der Waals surface area (Å²) in [4.78, 5) is 133. The van der Waals surface area contributed by atoms with Crippen molar-refractivity contribution >= 4 is 124 Å². The number of carbonyl (C=O) groups is 3. The molecule has 9 aromatic heterocycles. The Morgan fingerprint density at radius 2 is 0.645 bits per heavy atom. The van der Waals surface area contributed by atoms with Gasteiger partial charge in [-0.15, -0.1) is 68.0 Å². The van der Waals surface area contributed by atoms with Gasteiger partial charge < -0.3 is 0 Å². The molecule has 3 aromatic carbocycles. The molecule has 0 radical (unpaired) electrons. The minimum Gasteiger partial charge on any atom is -0.292 e. The van der Waals surface area contributed by atoms with Crippen LogP contribution >= 0.6 is 75.8 Å². The van der Waals surface area contributed by atoms with Crippen molar-refractivity contribution < 1.29 is 85.2 Å². The summed E-state index contributed by atoms with van der Waals surface area (Å²) in [6, 6.07) is 4.75. The van der Waals surface area contributed by atoms with Crippen LogP contribution in [0.2, 0.25) is 0 Å². The predicted octanol–water partition coefficient (Wildman–Crippen LogP) is 10.0. The Hall–Kier alpha value is -9.85. The van der Waals surface area contributed by atoms with Crippen LogP contribution in [0.25, 0.3) is 64.4 Å². The van der Waals surface area contributed by atoms with Crippen LogP contribution in [0.15, 0.2) is 131 Å². The largest absolute Gasteiger partial charge is 0.480 e. The Bertz CT molecular complexity index is 5800. The number of hydrogen-bond acceptors (Lipinski definition) is 19. The summed E-state index contributed by atoms with van der Waals surface area (Å²) in [7, 11) is 1.84. The summed E-state index contributed by atoms with van der Waals surface area (Å²) >= 11 is 4.43. The molecule has 0 aliphatic heterocycles. The Balaban J connectivity index is 1.01. The average Bonchev–Trinajstić information content (AvgIpc) is 1.67. The fourth-order valence-corrected chi connectivity index (χ4v) is 17.9. The number of fused-ring (bicyclic) bond motifs is 3. The molecule has 9 heterocycles. The molecule has 0 saturated carbocycles. The highest BCUT2D eigenvalue weighted by molar-refractivity contribution is 7.48. The maximum absolute atomic E-state index is 16.1. The van der Waals surface area contributed by atoms with E-state index in [1.54, 1.807) is 0 Å². The SMILES string of the molecule is Cn1c(=O)c2c(CC(=O)/N=c3\scc(-c4ccc(C(F)(F)F)c(F)c4)n3COP(=O)(OCn3c(-c4ccc(C(F)(F)F)c(F)c4)cs/c3=N\C(=O)Cc3csc4c3c(=O)n(C)c(=O)n4C)OCn3c(-c4ccc(C(F)(F)F)c(F)c4)cs/c3=N\C(=O)Cc3csc4c3c(=O)n(C)c(=O)n4C)csc2n(C)c1=O. The van der Waals surface area contributed by atoms with Crippen LogP contribution in [-0.4, -0.2) is 58.8 Å². The van der Waals surface area contributed by atoms with Crippen molar-refractivity contribution in [2.45, 2.75) is 58.0 Å². The summed E-state index contributed by atoms with van der Waals surface area (Å²) in [6.45, 7) is -3.93. The molecule has 0 aliphatic rings. The molecule has 0 spiro atoms. The van der Waals surface area contributed by atoms with Crippen LogP contribution in [0.5, 0.6) is 0 Å². The van der Waals surface area contributed by atoms with Crippen LogP contribution in [-0.2, 0) is 133 Å². The lowest BCUT2D eigenvalue weighted by atomic mass is 10.1. The monoisotopic (exact) mass is 1630 g/mol.